The van der Waals surface area contributed by atoms with Crippen molar-refractivity contribution in [2.45, 2.75) is 78.1 Å². The van der Waals surface area contributed by atoms with Gasteiger partial charge in [0.05, 0.1) is 17.0 Å². The highest BCUT2D eigenvalue weighted by atomic mass is 32.1. The Morgan fingerprint density at radius 2 is 1.47 bits per heavy atom. The molecule has 2 N–H and O–H groups in total. The lowest BCUT2D eigenvalue weighted by Crippen LogP contribution is -2.25. The molecule has 4 aromatic carbocycles. The minimum absolute atomic E-state index is 0.0573. The summed E-state index contributed by atoms with van der Waals surface area (Å²) >= 11 is 5.57. The van der Waals surface area contributed by atoms with Crippen LogP contribution in [-0.4, -0.2) is 35.6 Å². The topological polar surface area (TPSA) is 67.8 Å². The first-order valence-corrected chi connectivity index (χ1v) is 16.9. The first-order chi connectivity index (χ1) is 22.0. The minimum atomic E-state index is -0.341. The SMILES string of the molecule is CCCCCc1ccc(OCCCCNC(=O)c2cc(OCC(=S)c3ccccc3)c3ccccc3c2O)c(CCCCC)c1. The van der Waals surface area contributed by atoms with Crippen LogP contribution in [0.3, 0.4) is 0 Å². The number of hydrogen-bond donors (Lipinski definition) is 2. The van der Waals surface area contributed by atoms with Crippen molar-refractivity contribution >= 4 is 33.8 Å². The van der Waals surface area contributed by atoms with Gasteiger partial charge in [0.15, 0.2) is 0 Å². The number of carbonyl (C=O) groups is 1. The summed E-state index contributed by atoms with van der Waals surface area (Å²) in [5.41, 5.74) is 3.81. The summed E-state index contributed by atoms with van der Waals surface area (Å²) in [5.74, 6) is 1.09. The van der Waals surface area contributed by atoms with Crippen LogP contribution in [0.2, 0.25) is 0 Å². The number of benzene rings is 4. The molecule has 0 spiro atoms. The van der Waals surface area contributed by atoms with E-state index in [1.807, 2.05) is 48.5 Å². The third-order valence-corrected chi connectivity index (χ3v) is 8.39. The van der Waals surface area contributed by atoms with E-state index in [4.69, 9.17) is 21.7 Å². The van der Waals surface area contributed by atoms with E-state index < -0.39 is 0 Å². The van der Waals surface area contributed by atoms with Crippen LogP contribution in [0.4, 0.5) is 0 Å². The standard InChI is InChI=1S/C39H47NO4S/c1-3-5-8-16-29-22-23-35(31(26-29)19-9-6-4-2)43-25-15-14-24-40-39(42)34-27-36(32-20-12-13-21-33(32)38(34)41)44-28-37(45)30-17-10-7-11-18-30/h7,10-13,17-18,20-23,26-27,41H,3-6,8-9,14-16,19,24-25,28H2,1-2H3,(H,40,42). The van der Waals surface area contributed by atoms with Crippen molar-refractivity contribution in [1.82, 2.24) is 5.32 Å². The third-order valence-electron chi connectivity index (χ3n) is 8.04. The number of aryl methyl sites for hydroxylation is 2. The molecule has 45 heavy (non-hydrogen) atoms. The second-order valence-electron chi connectivity index (χ2n) is 11.6. The lowest BCUT2D eigenvalue weighted by Gasteiger charge is -2.15. The van der Waals surface area contributed by atoms with Crippen molar-refractivity contribution in [3.63, 3.8) is 0 Å². The number of amides is 1. The minimum Gasteiger partial charge on any atom is -0.506 e. The summed E-state index contributed by atoms with van der Waals surface area (Å²) in [7, 11) is 0. The Morgan fingerprint density at radius 3 is 2.22 bits per heavy atom. The molecule has 0 unspecified atom stereocenters. The molecular weight excluding hydrogens is 578 g/mol. The molecule has 0 aliphatic rings. The number of aromatic hydroxyl groups is 1. The number of carbonyl (C=O) groups excluding carboxylic acids is 1. The van der Waals surface area contributed by atoms with E-state index >= 15 is 0 Å². The number of phenols is 1. The quantitative estimate of drug-likeness (QED) is 0.0617. The van der Waals surface area contributed by atoms with E-state index in [0.29, 0.717) is 29.2 Å². The van der Waals surface area contributed by atoms with Gasteiger partial charge in [0.1, 0.15) is 23.9 Å². The highest BCUT2D eigenvalue weighted by Gasteiger charge is 2.18. The van der Waals surface area contributed by atoms with Crippen molar-refractivity contribution in [2.24, 2.45) is 0 Å². The first kappa shape index (κ1) is 34.0. The molecule has 4 aromatic rings. The predicted molar refractivity (Wildman–Crippen MR) is 189 cm³/mol. The molecule has 0 heterocycles. The maximum atomic E-state index is 13.2. The number of ether oxygens (including phenoxy) is 2. The molecule has 1 amide bonds. The maximum Gasteiger partial charge on any atom is 0.255 e. The van der Waals surface area contributed by atoms with Crippen LogP contribution in [0.5, 0.6) is 17.2 Å². The zero-order valence-corrected chi connectivity index (χ0v) is 27.6. The molecule has 0 aliphatic heterocycles. The average Bonchev–Trinajstić information content (AvgIpc) is 3.07. The molecule has 0 saturated heterocycles. The van der Waals surface area contributed by atoms with Crippen LogP contribution in [0.1, 0.15) is 92.3 Å². The van der Waals surface area contributed by atoms with Crippen LogP contribution in [0, 0.1) is 0 Å². The Kier molecular flexibility index (Phi) is 13.7. The van der Waals surface area contributed by atoms with Gasteiger partial charge in [-0.1, -0.05) is 118 Å². The second-order valence-corrected chi connectivity index (χ2v) is 12.1. The fraction of sp³-hybridized carbons (Fsp3) is 0.385. The van der Waals surface area contributed by atoms with Crippen molar-refractivity contribution < 1.29 is 19.4 Å². The first-order valence-electron chi connectivity index (χ1n) is 16.5. The fourth-order valence-electron chi connectivity index (χ4n) is 5.45. The molecule has 0 radical (unpaired) electrons. The van der Waals surface area contributed by atoms with Crippen LogP contribution in [0.25, 0.3) is 10.8 Å². The lowest BCUT2D eigenvalue weighted by molar-refractivity contribution is 0.0949. The molecule has 0 bridgehead atoms. The van der Waals surface area contributed by atoms with E-state index in [9.17, 15) is 9.90 Å². The van der Waals surface area contributed by atoms with Crippen molar-refractivity contribution in [2.75, 3.05) is 19.8 Å². The molecule has 0 saturated carbocycles. The summed E-state index contributed by atoms with van der Waals surface area (Å²) in [6.45, 7) is 5.72. The van der Waals surface area contributed by atoms with Gasteiger partial charge in [0.2, 0.25) is 0 Å². The molecule has 4 rings (SSSR count). The molecule has 238 valence electrons. The number of thiocarbonyl (C=S) groups is 1. The lowest BCUT2D eigenvalue weighted by atomic mass is 10.00. The van der Waals surface area contributed by atoms with E-state index in [1.54, 1.807) is 12.1 Å². The number of phenolic OH excluding ortho intramolecular Hbond substituents is 1. The largest absolute Gasteiger partial charge is 0.506 e. The van der Waals surface area contributed by atoms with E-state index in [1.165, 1.54) is 49.7 Å². The summed E-state index contributed by atoms with van der Waals surface area (Å²) in [6.07, 6.45) is 11.0. The second kappa shape index (κ2) is 18.2. The Balaban J connectivity index is 1.31. The highest BCUT2D eigenvalue weighted by molar-refractivity contribution is 7.80. The zero-order valence-electron chi connectivity index (χ0n) is 26.8. The number of nitrogens with one attached hydrogen (secondary N) is 1. The summed E-state index contributed by atoms with van der Waals surface area (Å²) < 4.78 is 12.3. The van der Waals surface area contributed by atoms with Gasteiger partial charge in [-0.15, -0.1) is 0 Å². The Morgan fingerprint density at radius 1 is 0.756 bits per heavy atom. The van der Waals surface area contributed by atoms with E-state index in [-0.39, 0.29) is 23.8 Å². The van der Waals surface area contributed by atoms with Crippen molar-refractivity contribution in [1.29, 1.82) is 0 Å². The predicted octanol–water partition coefficient (Wildman–Crippen LogP) is 9.40. The van der Waals surface area contributed by atoms with Crippen LogP contribution < -0.4 is 14.8 Å². The Bertz CT molecular complexity index is 1540. The Hall–Kier alpha value is -3.90. The summed E-state index contributed by atoms with van der Waals surface area (Å²) in [4.78, 5) is 13.9. The van der Waals surface area contributed by atoms with Gasteiger partial charge in [-0.3, -0.25) is 4.79 Å². The van der Waals surface area contributed by atoms with Crippen LogP contribution >= 0.6 is 12.2 Å². The summed E-state index contributed by atoms with van der Waals surface area (Å²) in [6, 6.07) is 25.4. The molecule has 0 fully saturated rings. The Labute approximate surface area is 274 Å². The normalized spacial score (nSPS) is 11.0. The van der Waals surface area contributed by atoms with Crippen molar-refractivity contribution in [3.05, 3.63) is 101 Å². The zero-order chi connectivity index (χ0) is 31.9. The maximum absolute atomic E-state index is 13.2. The molecular formula is C39H47NO4S. The van der Waals surface area contributed by atoms with Gasteiger partial charge in [0.25, 0.3) is 5.91 Å². The monoisotopic (exact) mass is 625 g/mol. The van der Waals surface area contributed by atoms with Gasteiger partial charge in [-0.2, -0.15) is 0 Å². The van der Waals surface area contributed by atoms with Gasteiger partial charge >= 0.3 is 0 Å². The molecule has 6 heteroatoms. The van der Waals surface area contributed by atoms with E-state index in [0.717, 1.165) is 42.4 Å². The smallest absolute Gasteiger partial charge is 0.255 e. The number of fused-ring (bicyclic) bond motifs is 1. The third kappa shape index (κ3) is 10.1. The van der Waals surface area contributed by atoms with Crippen molar-refractivity contribution in [3.8, 4) is 17.2 Å². The number of unbranched alkanes of at least 4 members (excludes halogenated alkanes) is 5. The van der Waals surface area contributed by atoms with Gasteiger partial charge in [0, 0.05) is 17.3 Å². The van der Waals surface area contributed by atoms with Gasteiger partial charge in [-0.05, 0) is 67.3 Å². The van der Waals surface area contributed by atoms with E-state index in [2.05, 4.69) is 37.4 Å². The fourth-order valence-corrected chi connectivity index (χ4v) is 5.64. The van der Waals surface area contributed by atoms with Crippen LogP contribution in [0.15, 0.2) is 78.9 Å². The molecule has 5 nitrogen and oxygen atoms in total. The molecule has 0 aliphatic carbocycles. The summed E-state index contributed by atoms with van der Waals surface area (Å²) in [5, 5.41) is 15.2. The van der Waals surface area contributed by atoms with Crippen LogP contribution in [-0.2, 0) is 12.8 Å². The number of rotatable bonds is 19. The average molecular weight is 626 g/mol. The number of hydrogen-bond acceptors (Lipinski definition) is 5. The molecule has 0 atom stereocenters. The van der Waals surface area contributed by atoms with Gasteiger partial charge in [-0.25, -0.2) is 0 Å². The highest BCUT2D eigenvalue weighted by Crippen LogP contribution is 2.36. The van der Waals surface area contributed by atoms with Gasteiger partial charge < -0.3 is 19.9 Å². The molecule has 0 aromatic heterocycles.